The van der Waals surface area contributed by atoms with Gasteiger partial charge in [0.15, 0.2) is 5.11 Å². The van der Waals surface area contributed by atoms with Crippen LogP contribution in [0, 0.1) is 20.8 Å². The molecular weight excluding hydrogens is 478 g/mol. The molecule has 5 rings (SSSR count). The number of thiocarbonyl (C=S) groups is 1. The van der Waals surface area contributed by atoms with Crippen LogP contribution in [0.15, 0.2) is 85.1 Å². The molecular formula is C30H31N5OS. The quantitative estimate of drug-likeness (QED) is 0.309. The molecule has 0 saturated carbocycles. The summed E-state index contributed by atoms with van der Waals surface area (Å²) in [5, 5.41) is 7.12. The summed E-state index contributed by atoms with van der Waals surface area (Å²) >= 11 is 5.82. The Morgan fingerprint density at radius 1 is 1.00 bits per heavy atom. The summed E-state index contributed by atoms with van der Waals surface area (Å²) in [5.41, 5.74) is 7.54. The number of carbonyl (C=O) groups is 1. The van der Waals surface area contributed by atoms with E-state index in [1.165, 1.54) is 11.1 Å². The van der Waals surface area contributed by atoms with Crippen LogP contribution in [0.5, 0.6) is 0 Å². The molecule has 6 nitrogen and oxygen atoms in total. The molecule has 1 aliphatic rings. The molecule has 2 aromatic heterocycles. The lowest BCUT2D eigenvalue weighted by Crippen LogP contribution is -2.32. The van der Waals surface area contributed by atoms with Crippen molar-refractivity contribution < 1.29 is 4.79 Å². The number of rotatable bonds is 7. The Kier molecular flexibility index (Phi) is 7.06. The minimum atomic E-state index is -0.127. The second kappa shape index (κ2) is 10.6. The van der Waals surface area contributed by atoms with E-state index in [1.807, 2.05) is 54.7 Å². The molecule has 2 aromatic carbocycles. The topological polar surface area (TPSA) is 62.2 Å². The van der Waals surface area contributed by atoms with Gasteiger partial charge in [-0.15, -0.1) is 0 Å². The first-order valence-corrected chi connectivity index (χ1v) is 12.9. The fourth-order valence-corrected chi connectivity index (χ4v) is 5.46. The first-order chi connectivity index (χ1) is 17.9. The standard InChI is InChI=1S/C30H31N5OS/c1-20-12-14-24(15-13-20)35-21(2)19-25(22(35)3)29-28(26-11-7-8-17-31-26)33-30(37)34(29)18-16-27(36)32-23-9-5-4-6-10-23/h4-15,17,19,28-29H,16,18H2,1-3H3,(H,32,36)(H,33,37)/t28-,29-/m1/s1. The summed E-state index contributed by atoms with van der Waals surface area (Å²) in [4.78, 5) is 19.6. The minimum Gasteiger partial charge on any atom is -0.352 e. The summed E-state index contributed by atoms with van der Waals surface area (Å²) in [6, 6.07) is 26.0. The summed E-state index contributed by atoms with van der Waals surface area (Å²) < 4.78 is 2.28. The van der Waals surface area contributed by atoms with Crippen molar-refractivity contribution in [3.63, 3.8) is 0 Å². The number of hydrogen-bond donors (Lipinski definition) is 2. The van der Waals surface area contributed by atoms with Crippen molar-refractivity contribution >= 4 is 28.9 Å². The van der Waals surface area contributed by atoms with Crippen molar-refractivity contribution in [3.8, 4) is 5.69 Å². The fourth-order valence-electron chi connectivity index (χ4n) is 5.13. The first-order valence-electron chi connectivity index (χ1n) is 12.5. The molecule has 7 heteroatoms. The Morgan fingerprint density at radius 3 is 2.43 bits per heavy atom. The maximum absolute atomic E-state index is 12.8. The Balaban J connectivity index is 1.47. The normalized spacial score (nSPS) is 17.1. The highest BCUT2D eigenvalue weighted by Crippen LogP contribution is 2.41. The zero-order valence-corrected chi connectivity index (χ0v) is 22.1. The van der Waals surface area contributed by atoms with Crippen LogP contribution < -0.4 is 10.6 Å². The minimum absolute atomic E-state index is 0.0424. The zero-order valence-electron chi connectivity index (χ0n) is 21.3. The smallest absolute Gasteiger partial charge is 0.226 e. The van der Waals surface area contributed by atoms with Crippen LogP contribution in [0.4, 0.5) is 5.69 Å². The Morgan fingerprint density at radius 2 is 1.73 bits per heavy atom. The molecule has 0 radical (unpaired) electrons. The number of hydrogen-bond acceptors (Lipinski definition) is 3. The summed E-state index contributed by atoms with van der Waals surface area (Å²) in [6.07, 6.45) is 2.13. The highest BCUT2D eigenvalue weighted by Gasteiger charge is 2.41. The molecule has 0 unspecified atom stereocenters. The molecule has 2 atom stereocenters. The monoisotopic (exact) mass is 509 g/mol. The number of para-hydroxylation sites is 1. The fraction of sp³-hybridized carbons (Fsp3) is 0.233. The third-order valence-corrected chi connectivity index (χ3v) is 7.27. The van der Waals surface area contributed by atoms with Gasteiger partial charge >= 0.3 is 0 Å². The predicted molar refractivity (Wildman–Crippen MR) is 152 cm³/mol. The lowest BCUT2D eigenvalue weighted by molar-refractivity contribution is -0.116. The average Bonchev–Trinajstić information content (AvgIpc) is 3.39. The Labute approximate surface area is 223 Å². The van der Waals surface area contributed by atoms with Crippen molar-refractivity contribution in [1.82, 2.24) is 19.8 Å². The zero-order chi connectivity index (χ0) is 25.9. The molecule has 3 heterocycles. The van der Waals surface area contributed by atoms with Gasteiger partial charge in [-0.2, -0.15) is 0 Å². The third kappa shape index (κ3) is 5.13. The highest BCUT2D eigenvalue weighted by molar-refractivity contribution is 7.80. The molecule has 1 amide bonds. The van der Waals surface area contributed by atoms with Crippen LogP contribution in [0.25, 0.3) is 5.69 Å². The summed E-state index contributed by atoms with van der Waals surface area (Å²) in [5.74, 6) is -0.0424. The molecule has 188 valence electrons. The van der Waals surface area contributed by atoms with Gasteiger partial charge in [-0.25, -0.2) is 0 Å². The number of nitrogens with one attached hydrogen (secondary N) is 2. The Hall–Kier alpha value is -3.97. The van der Waals surface area contributed by atoms with Crippen LogP contribution in [-0.4, -0.2) is 32.0 Å². The van der Waals surface area contributed by atoms with Gasteiger partial charge in [0, 0.05) is 41.9 Å². The van der Waals surface area contributed by atoms with Gasteiger partial charge in [0.05, 0.1) is 17.8 Å². The van der Waals surface area contributed by atoms with Gasteiger partial charge < -0.3 is 20.1 Å². The van der Waals surface area contributed by atoms with E-state index < -0.39 is 0 Å². The number of benzene rings is 2. The SMILES string of the molecule is Cc1ccc(-n2c(C)cc([C@@H]3[C@@H](c4ccccn4)NC(=S)N3CCC(=O)Nc3ccccc3)c2C)cc1. The second-order valence-electron chi connectivity index (χ2n) is 9.48. The molecule has 4 aromatic rings. The van der Waals surface area contributed by atoms with Gasteiger partial charge in [-0.3, -0.25) is 9.78 Å². The number of aryl methyl sites for hydroxylation is 2. The molecule has 0 spiro atoms. The molecule has 1 saturated heterocycles. The van der Waals surface area contributed by atoms with E-state index in [0.717, 1.165) is 28.5 Å². The third-order valence-electron chi connectivity index (χ3n) is 6.92. The van der Waals surface area contributed by atoms with E-state index >= 15 is 0 Å². The van der Waals surface area contributed by atoms with Crippen molar-refractivity contribution in [3.05, 3.63) is 113 Å². The lowest BCUT2D eigenvalue weighted by Gasteiger charge is -2.28. The maximum Gasteiger partial charge on any atom is 0.226 e. The number of anilines is 1. The van der Waals surface area contributed by atoms with Gasteiger partial charge in [0.1, 0.15) is 0 Å². The molecule has 37 heavy (non-hydrogen) atoms. The maximum atomic E-state index is 12.8. The Bertz CT molecular complexity index is 1400. The van der Waals surface area contributed by atoms with E-state index in [0.29, 0.717) is 18.1 Å². The number of amides is 1. The van der Waals surface area contributed by atoms with Crippen LogP contribution >= 0.6 is 12.2 Å². The van der Waals surface area contributed by atoms with Gasteiger partial charge in [0.25, 0.3) is 0 Å². The molecule has 0 bridgehead atoms. The van der Waals surface area contributed by atoms with E-state index in [4.69, 9.17) is 12.2 Å². The lowest BCUT2D eigenvalue weighted by atomic mass is 9.96. The predicted octanol–water partition coefficient (Wildman–Crippen LogP) is 5.80. The van der Waals surface area contributed by atoms with Crippen LogP contribution in [0.1, 0.15) is 46.7 Å². The number of pyridine rings is 1. The van der Waals surface area contributed by atoms with Crippen LogP contribution in [0.3, 0.4) is 0 Å². The van der Waals surface area contributed by atoms with Crippen LogP contribution in [0.2, 0.25) is 0 Å². The number of aromatic nitrogens is 2. The van der Waals surface area contributed by atoms with Gasteiger partial charge in [0.2, 0.25) is 5.91 Å². The van der Waals surface area contributed by atoms with E-state index in [2.05, 4.69) is 76.2 Å². The van der Waals surface area contributed by atoms with E-state index in [-0.39, 0.29) is 18.0 Å². The van der Waals surface area contributed by atoms with E-state index in [9.17, 15) is 4.79 Å². The van der Waals surface area contributed by atoms with E-state index in [1.54, 1.807) is 0 Å². The largest absolute Gasteiger partial charge is 0.352 e. The first kappa shape index (κ1) is 24.7. The van der Waals surface area contributed by atoms with Crippen molar-refractivity contribution in [2.75, 3.05) is 11.9 Å². The number of nitrogens with zero attached hydrogens (tertiary/aromatic N) is 3. The summed E-state index contributed by atoms with van der Waals surface area (Å²) in [7, 11) is 0. The second-order valence-corrected chi connectivity index (χ2v) is 9.87. The van der Waals surface area contributed by atoms with Crippen LogP contribution in [-0.2, 0) is 4.79 Å². The highest BCUT2D eigenvalue weighted by atomic mass is 32.1. The van der Waals surface area contributed by atoms with Gasteiger partial charge in [-0.1, -0.05) is 42.0 Å². The molecule has 2 N–H and O–H groups in total. The molecule has 0 aliphatic carbocycles. The van der Waals surface area contributed by atoms with Crippen molar-refractivity contribution in [2.24, 2.45) is 0 Å². The van der Waals surface area contributed by atoms with Gasteiger partial charge in [-0.05, 0) is 81.0 Å². The summed E-state index contributed by atoms with van der Waals surface area (Å²) in [6.45, 7) is 6.87. The molecule has 1 fully saturated rings. The van der Waals surface area contributed by atoms with Crippen molar-refractivity contribution in [2.45, 2.75) is 39.3 Å². The molecule has 1 aliphatic heterocycles. The number of carbonyl (C=O) groups excluding carboxylic acids is 1. The average molecular weight is 510 g/mol. The van der Waals surface area contributed by atoms with Crippen molar-refractivity contribution in [1.29, 1.82) is 0 Å².